The van der Waals surface area contributed by atoms with Crippen molar-refractivity contribution in [2.75, 3.05) is 31.6 Å². The number of morpholine rings is 1. The summed E-state index contributed by atoms with van der Waals surface area (Å²) in [6.45, 7) is 8.47. The third-order valence-corrected chi connectivity index (χ3v) is 6.65. The molecular weight excluding hydrogens is 407 g/mol. The van der Waals surface area contributed by atoms with Crippen LogP contribution < -0.4 is 5.32 Å². The van der Waals surface area contributed by atoms with E-state index in [-0.39, 0.29) is 17.6 Å². The highest BCUT2D eigenvalue weighted by atomic mass is 19.1. The molecule has 1 aromatic rings. The van der Waals surface area contributed by atoms with E-state index in [0.29, 0.717) is 43.1 Å². The molecule has 1 saturated heterocycles. The van der Waals surface area contributed by atoms with Crippen molar-refractivity contribution in [2.45, 2.75) is 52.9 Å². The molecule has 0 unspecified atom stereocenters. The van der Waals surface area contributed by atoms with Crippen molar-refractivity contribution in [1.29, 1.82) is 0 Å². The molecule has 4 rings (SSSR count). The summed E-state index contributed by atoms with van der Waals surface area (Å²) in [4.78, 5) is 28.4. The van der Waals surface area contributed by atoms with Crippen molar-refractivity contribution in [2.24, 2.45) is 0 Å². The molecule has 0 radical (unpaired) electrons. The summed E-state index contributed by atoms with van der Waals surface area (Å²) >= 11 is 0. The summed E-state index contributed by atoms with van der Waals surface area (Å²) in [7, 11) is 0. The quantitative estimate of drug-likeness (QED) is 0.673. The van der Waals surface area contributed by atoms with Crippen molar-refractivity contribution in [3.8, 4) is 0 Å². The van der Waals surface area contributed by atoms with Gasteiger partial charge in [0.1, 0.15) is 5.82 Å². The molecule has 3 aliphatic rings. The van der Waals surface area contributed by atoms with Gasteiger partial charge in [-0.25, -0.2) is 4.39 Å². The van der Waals surface area contributed by atoms with Gasteiger partial charge >= 0.3 is 0 Å². The number of rotatable bonds is 4. The highest BCUT2D eigenvalue weighted by Crippen LogP contribution is 2.43. The molecule has 2 amide bonds. The maximum absolute atomic E-state index is 14.0. The van der Waals surface area contributed by atoms with Gasteiger partial charge in [0.25, 0.3) is 11.8 Å². The number of carbonyl (C=O) groups excluding carboxylic acids is 2. The molecule has 0 bridgehead atoms. The molecule has 5 nitrogen and oxygen atoms in total. The fraction of sp³-hybridized carbons (Fsp3) is 0.462. The Morgan fingerprint density at radius 1 is 1.22 bits per heavy atom. The van der Waals surface area contributed by atoms with Gasteiger partial charge in [-0.15, -0.1) is 0 Å². The maximum Gasteiger partial charge on any atom is 0.256 e. The number of fused-ring (bicyclic) bond motifs is 1. The first kappa shape index (κ1) is 22.5. The number of amides is 2. The number of hydrogen-bond acceptors (Lipinski definition) is 3. The van der Waals surface area contributed by atoms with Crippen LogP contribution in [0.5, 0.6) is 0 Å². The molecule has 0 atom stereocenters. The van der Waals surface area contributed by atoms with Gasteiger partial charge in [0, 0.05) is 29.9 Å². The number of nitrogens with one attached hydrogen (secondary N) is 1. The number of ether oxygens (including phenoxy) is 1. The number of hydrogen-bond donors (Lipinski definition) is 1. The Labute approximate surface area is 189 Å². The van der Waals surface area contributed by atoms with Crippen molar-refractivity contribution >= 4 is 23.1 Å². The number of benzene rings is 1. The molecule has 170 valence electrons. The monoisotopic (exact) mass is 438 g/mol. The number of halogens is 1. The first-order valence-electron chi connectivity index (χ1n) is 11.5. The summed E-state index contributed by atoms with van der Waals surface area (Å²) in [5.74, 6) is -0.503. The lowest BCUT2D eigenvalue weighted by atomic mass is 9.79. The van der Waals surface area contributed by atoms with Gasteiger partial charge in [-0.1, -0.05) is 18.9 Å². The molecule has 1 fully saturated rings. The fourth-order valence-electron chi connectivity index (χ4n) is 5.06. The van der Waals surface area contributed by atoms with Gasteiger partial charge in [-0.3, -0.25) is 9.59 Å². The van der Waals surface area contributed by atoms with Gasteiger partial charge in [-0.05, 0) is 74.4 Å². The summed E-state index contributed by atoms with van der Waals surface area (Å²) in [6.07, 6.45) is 4.19. The third-order valence-electron chi connectivity index (χ3n) is 6.65. The zero-order valence-electron chi connectivity index (χ0n) is 19.1. The van der Waals surface area contributed by atoms with Crippen molar-refractivity contribution in [1.82, 2.24) is 4.90 Å². The molecule has 32 heavy (non-hydrogen) atoms. The lowest BCUT2D eigenvalue weighted by molar-refractivity contribution is -0.131. The minimum absolute atomic E-state index is 0.0576. The first-order chi connectivity index (χ1) is 15.4. The van der Waals surface area contributed by atoms with E-state index in [2.05, 4.69) is 12.2 Å². The Morgan fingerprint density at radius 3 is 2.69 bits per heavy atom. The Kier molecular flexibility index (Phi) is 6.60. The molecule has 0 aromatic heterocycles. The van der Waals surface area contributed by atoms with Crippen molar-refractivity contribution in [3.63, 3.8) is 0 Å². The topological polar surface area (TPSA) is 58.6 Å². The number of carbonyl (C=O) groups is 2. The van der Waals surface area contributed by atoms with Crippen LogP contribution in [0.3, 0.4) is 0 Å². The number of allylic oxidation sites excluding steroid dienone is 3. The lowest BCUT2D eigenvalue weighted by Crippen LogP contribution is -2.42. The minimum Gasteiger partial charge on any atom is -0.378 e. The van der Waals surface area contributed by atoms with Gasteiger partial charge in [0.2, 0.25) is 0 Å². The fourth-order valence-corrected chi connectivity index (χ4v) is 5.06. The lowest BCUT2D eigenvalue weighted by Gasteiger charge is -2.31. The van der Waals surface area contributed by atoms with Crippen LogP contribution in [0.4, 0.5) is 10.1 Å². The van der Waals surface area contributed by atoms with Crippen LogP contribution in [-0.2, 0) is 14.3 Å². The van der Waals surface area contributed by atoms with E-state index in [1.165, 1.54) is 12.1 Å². The van der Waals surface area contributed by atoms with E-state index in [9.17, 15) is 14.0 Å². The van der Waals surface area contributed by atoms with E-state index in [1.807, 2.05) is 18.7 Å². The molecular formula is C26H31FN2O3. The van der Waals surface area contributed by atoms with Crippen LogP contribution in [0.2, 0.25) is 0 Å². The van der Waals surface area contributed by atoms with Crippen LogP contribution >= 0.6 is 0 Å². The van der Waals surface area contributed by atoms with E-state index >= 15 is 0 Å². The normalized spacial score (nSPS) is 22.0. The van der Waals surface area contributed by atoms with Gasteiger partial charge in [-0.2, -0.15) is 0 Å². The summed E-state index contributed by atoms with van der Waals surface area (Å²) < 4.78 is 19.4. The Balaban J connectivity index is 1.84. The van der Waals surface area contributed by atoms with E-state index in [0.717, 1.165) is 60.0 Å². The Bertz CT molecular complexity index is 1050. The van der Waals surface area contributed by atoms with E-state index in [1.54, 1.807) is 6.07 Å². The van der Waals surface area contributed by atoms with Crippen molar-refractivity contribution in [3.05, 3.63) is 57.4 Å². The smallest absolute Gasteiger partial charge is 0.256 e. The van der Waals surface area contributed by atoms with Gasteiger partial charge < -0.3 is 15.0 Å². The van der Waals surface area contributed by atoms with Crippen LogP contribution in [0.15, 0.2) is 46.1 Å². The molecule has 1 aliphatic carbocycles. The van der Waals surface area contributed by atoms with Crippen LogP contribution in [0.25, 0.3) is 5.57 Å². The maximum atomic E-state index is 14.0. The Morgan fingerprint density at radius 2 is 1.97 bits per heavy atom. The summed E-state index contributed by atoms with van der Waals surface area (Å²) in [5.41, 5.74) is 6.60. The predicted octanol–water partition coefficient (Wildman–Crippen LogP) is 5.01. The predicted molar refractivity (Wildman–Crippen MR) is 124 cm³/mol. The first-order valence-corrected chi connectivity index (χ1v) is 11.5. The van der Waals surface area contributed by atoms with Crippen LogP contribution in [-0.4, -0.2) is 43.0 Å². The summed E-state index contributed by atoms with van der Waals surface area (Å²) in [5, 5.41) is 2.87. The second kappa shape index (κ2) is 9.41. The van der Waals surface area contributed by atoms with E-state index in [4.69, 9.17) is 4.74 Å². The second-order valence-electron chi connectivity index (χ2n) is 8.76. The number of anilines is 1. The van der Waals surface area contributed by atoms with E-state index < -0.39 is 0 Å². The number of nitrogens with zero attached hydrogens (tertiary/aromatic N) is 1. The van der Waals surface area contributed by atoms with Gasteiger partial charge in [0.15, 0.2) is 0 Å². The molecule has 0 saturated carbocycles. The molecule has 1 N–H and O–H groups in total. The average molecular weight is 439 g/mol. The zero-order chi connectivity index (χ0) is 22.8. The van der Waals surface area contributed by atoms with Gasteiger partial charge in [0.05, 0.1) is 18.8 Å². The van der Waals surface area contributed by atoms with Crippen molar-refractivity contribution < 1.29 is 18.7 Å². The molecule has 0 spiro atoms. The Hall–Kier alpha value is -2.73. The molecule has 6 heteroatoms. The largest absolute Gasteiger partial charge is 0.378 e. The third kappa shape index (κ3) is 4.16. The SMILES string of the molecule is CCC/C(C)=C(/C(=O)N1CCOCC1)C1=C(C)/C(=C2\C(=O)Nc3ccc(F)cc32)CCC1. The highest BCUT2D eigenvalue weighted by molar-refractivity contribution is 6.32. The molecule has 2 aliphatic heterocycles. The summed E-state index contributed by atoms with van der Waals surface area (Å²) in [6, 6.07) is 4.39. The van der Waals surface area contributed by atoms with Crippen LogP contribution in [0, 0.1) is 5.82 Å². The zero-order valence-corrected chi connectivity index (χ0v) is 19.1. The standard InChI is InChI=1S/C26H31FN2O3/c1-4-6-16(2)23(26(31)29-11-13-32-14-12-29)19-7-5-8-20(17(19)3)24-21-15-18(27)9-10-22(21)28-25(24)30/h9-10,15H,4-8,11-14H2,1-3H3,(H,28,30)/b23-16+,24-20-. The van der Waals surface area contributed by atoms with Crippen LogP contribution in [0.1, 0.15) is 58.4 Å². The highest BCUT2D eigenvalue weighted by Gasteiger charge is 2.33. The molecule has 2 heterocycles. The minimum atomic E-state index is -0.363. The average Bonchev–Trinajstić information content (AvgIpc) is 3.10. The second-order valence-corrected chi connectivity index (χ2v) is 8.76. The molecule has 1 aromatic carbocycles.